The third-order valence-corrected chi connectivity index (χ3v) is 9.53. The molecule has 3 saturated heterocycles. The van der Waals surface area contributed by atoms with Gasteiger partial charge in [0.2, 0.25) is 0 Å². The molecule has 23 heteroatoms. The third kappa shape index (κ3) is 8.54. The van der Waals surface area contributed by atoms with Crippen molar-refractivity contribution in [2.45, 2.75) is 135 Å². The van der Waals surface area contributed by atoms with Crippen molar-refractivity contribution in [3.8, 4) is 0 Å². The van der Waals surface area contributed by atoms with E-state index in [0.29, 0.717) is 0 Å². The van der Waals surface area contributed by atoms with Crippen molar-refractivity contribution in [3.05, 3.63) is 0 Å². The Morgan fingerprint density at radius 2 is 1.16 bits per heavy atom. The second kappa shape index (κ2) is 17.6. The minimum atomic E-state index is -1.97. The van der Waals surface area contributed by atoms with Crippen molar-refractivity contribution < 1.29 is 79.2 Å². The summed E-state index contributed by atoms with van der Waals surface area (Å²) in [6.07, 6.45) is -25.9. The zero-order chi connectivity index (χ0) is 37.2. The zero-order valence-corrected chi connectivity index (χ0v) is 27.0. The number of carbonyl (C=O) groups is 1. The normalized spacial score (nSPS) is 48.3. The second-order valence-corrected chi connectivity index (χ2v) is 12.9. The van der Waals surface area contributed by atoms with Gasteiger partial charge in [0.1, 0.15) is 79.4 Å². The Bertz CT molecular complexity index is 1090. The molecule has 0 radical (unpaired) electrons. The van der Waals surface area contributed by atoms with Gasteiger partial charge in [0.05, 0.1) is 24.7 Å². The predicted molar refractivity (Wildman–Crippen MR) is 163 cm³/mol. The predicted octanol–water partition coefficient (Wildman–Crippen LogP) is -11.1. The van der Waals surface area contributed by atoms with Crippen LogP contribution in [-0.4, -0.2) is 207 Å². The molecule has 22 N–H and O–H groups in total. The van der Waals surface area contributed by atoms with Crippen molar-refractivity contribution >= 4 is 5.91 Å². The molecule has 3 heterocycles. The van der Waals surface area contributed by atoms with Gasteiger partial charge in [-0.2, -0.15) is 0 Å². The van der Waals surface area contributed by atoms with Gasteiger partial charge in [0.25, 0.3) is 5.91 Å². The van der Waals surface area contributed by atoms with E-state index in [-0.39, 0.29) is 19.5 Å². The molecule has 3 aliphatic heterocycles. The van der Waals surface area contributed by atoms with Crippen molar-refractivity contribution in [2.75, 3.05) is 26.2 Å². The summed E-state index contributed by atoms with van der Waals surface area (Å²) in [5.41, 5.74) is 35.2. The van der Waals surface area contributed by atoms with E-state index in [0.717, 1.165) is 0 Å². The van der Waals surface area contributed by atoms with Gasteiger partial charge in [-0.05, 0) is 6.42 Å². The molecule has 0 aromatic heterocycles. The molecular weight excluding hydrogens is 678 g/mol. The quantitative estimate of drug-likeness (QED) is 0.0836. The maximum absolute atomic E-state index is 12.7. The van der Waals surface area contributed by atoms with E-state index < -0.39 is 148 Å². The number of aliphatic hydroxyl groups is 9. The number of aliphatic hydroxyl groups excluding tert-OH is 9. The highest BCUT2D eigenvalue weighted by Gasteiger charge is 2.55. The van der Waals surface area contributed by atoms with Crippen LogP contribution in [0.25, 0.3) is 0 Å². The SMILES string of the molecule is NC[C@@H]1O[C@H](O[C@H]2[C@@H](O)[C@H](O[C@@H]3[C@@H](O)[C@H](NC(=O)[C@@H](O)[C@@H](O)CN)C[C@H](N)[C@H]3O[C@H]3O[C@H](CN)[C@@H](O)[C@H](O)[C@H]3N)O[C@@H]2CO)[C@H](N)[C@@H](O)[C@@H]1O. The summed E-state index contributed by atoms with van der Waals surface area (Å²) in [4.78, 5) is 12.7. The maximum Gasteiger partial charge on any atom is 0.251 e. The van der Waals surface area contributed by atoms with Gasteiger partial charge in [0, 0.05) is 25.7 Å². The third-order valence-electron chi connectivity index (χ3n) is 9.53. The number of rotatable bonds is 13. The molecule has 4 rings (SSSR count). The van der Waals surface area contributed by atoms with Crippen molar-refractivity contribution in [3.63, 3.8) is 0 Å². The standard InChI is InChI=1S/C27H53N7O16/c28-2-8(36)15(38)24(44)34-7-1-6(31)21(48-25-12(32)18(41)16(39)9(3-29)45-25)23(14(7)37)50-27-20(43)22(11(5-35)47-27)49-26-13(33)19(42)17(40)10(4-30)46-26/h6-23,25-27,35-43H,1-5,28-33H2,(H,34,44)/t6-,7+,8-,9+,10-,11+,12+,13+,14-,15-,16+,17+,18+,19+,20+,21+,22+,23+,25+,26+,27-/m0/s1. The number of carbonyl (C=O) groups excluding carboxylic acids is 1. The fourth-order valence-corrected chi connectivity index (χ4v) is 6.42. The van der Waals surface area contributed by atoms with E-state index in [4.69, 9.17) is 62.8 Å². The van der Waals surface area contributed by atoms with Crippen LogP contribution >= 0.6 is 0 Å². The largest absolute Gasteiger partial charge is 0.394 e. The summed E-state index contributed by atoms with van der Waals surface area (Å²) in [5, 5.41) is 96.7. The summed E-state index contributed by atoms with van der Waals surface area (Å²) < 4.78 is 34.8. The minimum Gasteiger partial charge on any atom is -0.394 e. The average Bonchev–Trinajstić information content (AvgIpc) is 3.40. The van der Waals surface area contributed by atoms with E-state index in [1.165, 1.54) is 0 Å². The van der Waals surface area contributed by atoms with Crippen LogP contribution in [0.2, 0.25) is 0 Å². The molecule has 1 amide bonds. The van der Waals surface area contributed by atoms with E-state index in [1.54, 1.807) is 0 Å². The Labute approximate surface area is 286 Å². The molecule has 1 aliphatic carbocycles. The lowest BCUT2D eigenvalue weighted by Crippen LogP contribution is -2.69. The molecule has 50 heavy (non-hydrogen) atoms. The van der Waals surface area contributed by atoms with Gasteiger partial charge in [0.15, 0.2) is 25.0 Å². The Balaban J connectivity index is 1.58. The summed E-state index contributed by atoms with van der Waals surface area (Å²) in [6.45, 7) is -1.66. The lowest BCUT2D eigenvalue weighted by Gasteiger charge is -2.48. The summed E-state index contributed by atoms with van der Waals surface area (Å²) in [7, 11) is 0. The monoisotopic (exact) mass is 731 g/mol. The van der Waals surface area contributed by atoms with Crippen molar-refractivity contribution in [1.29, 1.82) is 0 Å². The second-order valence-electron chi connectivity index (χ2n) is 12.9. The maximum atomic E-state index is 12.7. The molecule has 1 saturated carbocycles. The first-order valence-electron chi connectivity index (χ1n) is 16.2. The van der Waals surface area contributed by atoms with Gasteiger partial charge in [-0.1, -0.05) is 0 Å². The van der Waals surface area contributed by atoms with Crippen LogP contribution in [0.4, 0.5) is 0 Å². The van der Waals surface area contributed by atoms with Crippen molar-refractivity contribution in [1.82, 2.24) is 5.32 Å². The lowest BCUT2D eigenvalue weighted by atomic mass is 9.83. The number of nitrogens with two attached hydrogens (primary N) is 6. The van der Waals surface area contributed by atoms with Crippen LogP contribution in [0, 0.1) is 0 Å². The molecule has 23 nitrogen and oxygen atoms in total. The highest BCUT2D eigenvalue weighted by molar-refractivity contribution is 5.81. The van der Waals surface area contributed by atoms with Crippen LogP contribution in [0.3, 0.4) is 0 Å². The fourth-order valence-electron chi connectivity index (χ4n) is 6.42. The van der Waals surface area contributed by atoms with E-state index in [9.17, 15) is 50.8 Å². The fraction of sp³-hybridized carbons (Fsp3) is 0.963. The number of hydrogen-bond acceptors (Lipinski definition) is 22. The topological polar surface area (TPSA) is 423 Å². The van der Waals surface area contributed by atoms with Crippen LogP contribution < -0.4 is 39.7 Å². The van der Waals surface area contributed by atoms with E-state index >= 15 is 0 Å². The lowest BCUT2D eigenvalue weighted by molar-refractivity contribution is -0.307. The van der Waals surface area contributed by atoms with Crippen LogP contribution in [0.5, 0.6) is 0 Å². The van der Waals surface area contributed by atoms with Gasteiger partial charge in [-0.15, -0.1) is 0 Å². The number of ether oxygens (including phenoxy) is 6. The molecule has 0 bridgehead atoms. The molecule has 0 aromatic rings. The smallest absolute Gasteiger partial charge is 0.251 e. The van der Waals surface area contributed by atoms with Crippen molar-refractivity contribution in [2.24, 2.45) is 34.4 Å². The molecular formula is C27H53N7O16. The van der Waals surface area contributed by atoms with Crippen LogP contribution in [0.15, 0.2) is 0 Å². The Morgan fingerprint density at radius 3 is 1.64 bits per heavy atom. The van der Waals surface area contributed by atoms with Gasteiger partial charge < -0.3 is 114 Å². The van der Waals surface area contributed by atoms with E-state index in [2.05, 4.69) is 5.32 Å². The highest BCUT2D eigenvalue weighted by Crippen LogP contribution is 2.34. The molecule has 0 aromatic carbocycles. The first-order chi connectivity index (χ1) is 23.6. The Hall–Kier alpha value is -1.37. The number of amides is 1. The van der Waals surface area contributed by atoms with Crippen LogP contribution in [0.1, 0.15) is 6.42 Å². The molecule has 4 fully saturated rings. The molecule has 21 atom stereocenters. The number of nitrogens with one attached hydrogen (secondary N) is 1. The zero-order valence-electron chi connectivity index (χ0n) is 27.0. The van der Waals surface area contributed by atoms with E-state index in [1.807, 2.05) is 0 Å². The summed E-state index contributed by atoms with van der Waals surface area (Å²) >= 11 is 0. The minimum absolute atomic E-state index is 0.219. The number of hydrogen-bond donors (Lipinski definition) is 16. The molecule has 0 spiro atoms. The Kier molecular flexibility index (Phi) is 14.6. The molecule has 0 unspecified atom stereocenters. The molecule has 292 valence electrons. The summed E-state index contributed by atoms with van der Waals surface area (Å²) in [5.74, 6) is -1.10. The highest BCUT2D eigenvalue weighted by atomic mass is 16.8. The molecule has 4 aliphatic rings. The first-order valence-corrected chi connectivity index (χ1v) is 16.2. The van der Waals surface area contributed by atoms with Gasteiger partial charge in [-0.25, -0.2) is 0 Å². The average molecular weight is 732 g/mol. The summed E-state index contributed by atoms with van der Waals surface area (Å²) in [6, 6.07) is -5.06. The van der Waals surface area contributed by atoms with Gasteiger partial charge in [-0.3, -0.25) is 4.79 Å². The first kappa shape index (κ1) is 41.4. The van der Waals surface area contributed by atoms with Gasteiger partial charge >= 0.3 is 0 Å². The van der Waals surface area contributed by atoms with Crippen LogP contribution in [-0.2, 0) is 33.2 Å². The Morgan fingerprint density at radius 1 is 0.680 bits per heavy atom.